The highest BCUT2D eigenvalue weighted by Gasteiger charge is 2.40. The van der Waals surface area contributed by atoms with E-state index in [1.54, 1.807) is 14.1 Å². The lowest BCUT2D eigenvalue weighted by Gasteiger charge is -2.34. The second-order valence-electron chi connectivity index (χ2n) is 11.9. The van der Waals surface area contributed by atoms with Crippen LogP contribution >= 0.6 is 23.2 Å². The van der Waals surface area contributed by atoms with Gasteiger partial charge in [0, 0.05) is 45.0 Å². The molecule has 1 aliphatic heterocycles. The number of amides is 1. The Bertz CT molecular complexity index is 1740. The van der Waals surface area contributed by atoms with Crippen LogP contribution in [0.1, 0.15) is 59.7 Å². The third-order valence-corrected chi connectivity index (χ3v) is 10.7. The van der Waals surface area contributed by atoms with Crippen LogP contribution in [0, 0.1) is 5.92 Å². The van der Waals surface area contributed by atoms with E-state index in [1.807, 2.05) is 0 Å². The van der Waals surface area contributed by atoms with Crippen LogP contribution in [0.4, 0.5) is 8.78 Å². The molecule has 2 atom stereocenters. The predicted octanol–water partition coefficient (Wildman–Crippen LogP) is 6.55. The average Bonchev–Trinajstić information content (AvgIpc) is 3.89. The molecule has 48 heavy (non-hydrogen) atoms. The maximum atomic E-state index is 14.0. The van der Waals surface area contributed by atoms with Crippen LogP contribution in [-0.2, 0) is 26.0 Å². The number of sulfonamides is 1. The van der Waals surface area contributed by atoms with E-state index in [4.69, 9.17) is 32.7 Å². The van der Waals surface area contributed by atoms with E-state index >= 15 is 0 Å². The number of benzene rings is 2. The Morgan fingerprint density at radius 2 is 1.75 bits per heavy atom. The van der Waals surface area contributed by atoms with Crippen molar-refractivity contribution in [2.24, 2.45) is 5.92 Å². The van der Waals surface area contributed by atoms with E-state index in [9.17, 15) is 26.8 Å². The molecule has 1 aliphatic carbocycles. The average molecular weight is 727 g/mol. The Morgan fingerprint density at radius 3 is 2.42 bits per heavy atom. The molecule has 1 saturated carbocycles. The molecule has 1 amide bonds. The summed E-state index contributed by atoms with van der Waals surface area (Å²) in [7, 11) is -1.12. The van der Waals surface area contributed by atoms with Crippen molar-refractivity contribution in [2.45, 2.75) is 62.2 Å². The summed E-state index contributed by atoms with van der Waals surface area (Å²) >= 11 is 12.9. The lowest BCUT2D eigenvalue weighted by molar-refractivity contribution is -0.155. The van der Waals surface area contributed by atoms with Gasteiger partial charge in [0.2, 0.25) is 10.0 Å². The SMILES string of the molecule is CN(C)C(=O)c1cccc(S(=O)(=O)N2CCCCC2C(=O)OC(Cc2c(Cl)cncc2Cl)c2ccc(OC(F)F)c(OCC3CC3)c2)c1. The van der Waals surface area contributed by atoms with Gasteiger partial charge in [-0.05, 0) is 79.5 Å². The summed E-state index contributed by atoms with van der Waals surface area (Å²) in [5.74, 6) is -1.03. The molecule has 1 aromatic heterocycles. The van der Waals surface area contributed by atoms with Gasteiger partial charge in [-0.1, -0.05) is 35.3 Å². The zero-order valence-electron chi connectivity index (χ0n) is 26.3. The molecule has 5 rings (SSSR count). The number of carbonyl (C=O) groups is 2. The summed E-state index contributed by atoms with van der Waals surface area (Å²) in [6.07, 6.45) is 4.82. The first-order valence-corrected chi connectivity index (χ1v) is 17.6. The monoisotopic (exact) mass is 725 g/mol. The van der Waals surface area contributed by atoms with Crippen LogP contribution in [0.2, 0.25) is 10.0 Å². The van der Waals surface area contributed by atoms with Gasteiger partial charge in [-0.3, -0.25) is 14.6 Å². The first-order valence-electron chi connectivity index (χ1n) is 15.4. The summed E-state index contributed by atoms with van der Waals surface area (Å²) in [6.45, 7) is -2.74. The van der Waals surface area contributed by atoms with E-state index < -0.39 is 34.7 Å². The normalized spacial score (nSPS) is 17.5. The molecule has 15 heteroatoms. The van der Waals surface area contributed by atoms with Crippen LogP contribution in [0.3, 0.4) is 0 Å². The number of pyridine rings is 1. The largest absolute Gasteiger partial charge is 0.489 e. The van der Waals surface area contributed by atoms with Gasteiger partial charge in [-0.2, -0.15) is 13.1 Å². The van der Waals surface area contributed by atoms with E-state index in [2.05, 4.69) is 9.72 Å². The highest BCUT2D eigenvalue weighted by molar-refractivity contribution is 7.89. The molecule has 0 spiro atoms. The minimum absolute atomic E-state index is 0.0432. The molecule has 0 N–H and O–H groups in total. The molecule has 258 valence electrons. The van der Waals surface area contributed by atoms with Crippen molar-refractivity contribution in [1.82, 2.24) is 14.2 Å². The van der Waals surface area contributed by atoms with Crippen LogP contribution in [0.25, 0.3) is 0 Å². The summed E-state index contributed by atoms with van der Waals surface area (Å²) in [5.41, 5.74) is 0.956. The standard InChI is InChI=1S/C33H35Cl2F2N3O7S/c1-39(2)31(41)22-6-5-7-23(14-22)48(43,44)40-13-4-3-8-27(40)32(42)46-29(16-24-25(34)17-38-18-26(24)35)21-11-12-28(47-33(36)37)30(15-21)45-19-20-9-10-20/h5-7,11-12,14-15,17-18,20,27,29,33H,3-4,8-10,13,16,19H2,1-2H3. The van der Waals surface area contributed by atoms with Crippen molar-refractivity contribution >= 4 is 45.1 Å². The summed E-state index contributed by atoms with van der Waals surface area (Å²) in [6, 6.07) is 8.70. The second-order valence-corrected chi connectivity index (χ2v) is 14.6. The number of alkyl halides is 2. The number of hydrogen-bond donors (Lipinski definition) is 0. The van der Waals surface area contributed by atoms with Gasteiger partial charge in [-0.25, -0.2) is 8.42 Å². The molecule has 2 unspecified atom stereocenters. The highest BCUT2D eigenvalue weighted by Crippen LogP contribution is 2.38. The van der Waals surface area contributed by atoms with Crippen molar-refractivity contribution in [3.05, 3.63) is 81.6 Å². The van der Waals surface area contributed by atoms with Crippen molar-refractivity contribution in [3.63, 3.8) is 0 Å². The van der Waals surface area contributed by atoms with Gasteiger partial charge in [0.1, 0.15) is 12.1 Å². The summed E-state index contributed by atoms with van der Waals surface area (Å²) < 4.78 is 72.0. The third kappa shape index (κ3) is 8.55. The first kappa shape index (κ1) is 35.8. The number of aromatic nitrogens is 1. The molecule has 2 heterocycles. The number of ether oxygens (including phenoxy) is 3. The van der Waals surface area contributed by atoms with Crippen LogP contribution in [0.15, 0.2) is 59.8 Å². The Labute approximate surface area is 287 Å². The smallest absolute Gasteiger partial charge is 0.387 e. The molecular formula is C33H35Cl2F2N3O7S. The number of rotatable bonds is 13. The zero-order valence-corrected chi connectivity index (χ0v) is 28.6. The fourth-order valence-corrected chi connectivity index (χ4v) is 7.61. The Kier molecular flexibility index (Phi) is 11.4. The number of hydrogen-bond acceptors (Lipinski definition) is 8. The quantitative estimate of drug-likeness (QED) is 0.182. The van der Waals surface area contributed by atoms with Gasteiger partial charge < -0.3 is 19.1 Å². The Balaban J connectivity index is 1.47. The fourth-order valence-electron chi connectivity index (χ4n) is 5.40. The second kappa shape index (κ2) is 15.4. The maximum Gasteiger partial charge on any atom is 0.387 e. The molecule has 1 saturated heterocycles. The minimum atomic E-state index is -4.24. The lowest BCUT2D eigenvalue weighted by atomic mass is 10.0. The number of halogens is 4. The molecule has 3 aromatic rings. The lowest BCUT2D eigenvalue weighted by Crippen LogP contribution is -2.48. The molecule has 10 nitrogen and oxygen atoms in total. The Hall–Kier alpha value is -3.52. The molecule has 2 aromatic carbocycles. The predicted molar refractivity (Wildman–Crippen MR) is 174 cm³/mol. The van der Waals surface area contributed by atoms with Crippen molar-refractivity contribution in [1.29, 1.82) is 0 Å². The zero-order chi connectivity index (χ0) is 34.6. The fraction of sp³-hybridized carbons (Fsp3) is 0.424. The van der Waals surface area contributed by atoms with Crippen molar-refractivity contribution in [3.8, 4) is 11.5 Å². The number of nitrogens with zero attached hydrogens (tertiary/aromatic N) is 3. The summed E-state index contributed by atoms with van der Waals surface area (Å²) in [4.78, 5) is 31.7. The third-order valence-electron chi connectivity index (χ3n) is 8.15. The van der Waals surface area contributed by atoms with Gasteiger partial charge in [0.25, 0.3) is 5.91 Å². The van der Waals surface area contributed by atoms with E-state index in [-0.39, 0.29) is 57.3 Å². The van der Waals surface area contributed by atoms with Gasteiger partial charge in [-0.15, -0.1) is 0 Å². The van der Waals surface area contributed by atoms with Gasteiger partial charge in [0.05, 0.1) is 21.5 Å². The summed E-state index contributed by atoms with van der Waals surface area (Å²) in [5, 5.41) is 0.417. The van der Waals surface area contributed by atoms with Crippen molar-refractivity contribution < 1.29 is 41.0 Å². The van der Waals surface area contributed by atoms with Crippen LogP contribution in [-0.4, -0.2) is 74.4 Å². The molecule has 0 radical (unpaired) electrons. The number of carbonyl (C=O) groups excluding carboxylic acids is 2. The molecule has 2 aliphatic rings. The number of piperidine rings is 1. The molecule has 0 bridgehead atoms. The van der Waals surface area contributed by atoms with E-state index in [0.29, 0.717) is 36.5 Å². The highest BCUT2D eigenvalue weighted by atomic mass is 35.5. The van der Waals surface area contributed by atoms with E-state index in [1.165, 1.54) is 59.8 Å². The molecular weight excluding hydrogens is 691 g/mol. The minimum Gasteiger partial charge on any atom is -0.489 e. The van der Waals surface area contributed by atoms with Gasteiger partial charge >= 0.3 is 12.6 Å². The number of esters is 1. The van der Waals surface area contributed by atoms with Crippen LogP contribution in [0.5, 0.6) is 11.5 Å². The van der Waals surface area contributed by atoms with Crippen molar-refractivity contribution in [2.75, 3.05) is 27.2 Å². The van der Waals surface area contributed by atoms with Gasteiger partial charge in [0.15, 0.2) is 11.5 Å². The molecule has 2 fully saturated rings. The van der Waals surface area contributed by atoms with Crippen LogP contribution < -0.4 is 9.47 Å². The first-order chi connectivity index (χ1) is 22.8. The Morgan fingerprint density at radius 1 is 1.02 bits per heavy atom. The maximum absolute atomic E-state index is 14.0. The van der Waals surface area contributed by atoms with E-state index in [0.717, 1.165) is 17.1 Å². The topological polar surface area (TPSA) is 115 Å².